The lowest BCUT2D eigenvalue weighted by Gasteiger charge is -2.46. The summed E-state index contributed by atoms with van der Waals surface area (Å²) in [6.07, 6.45) is -12.8. The molecule has 0 bridgehead atoms. The predicted octanol–water partition coefficient (Wildman–Crippen LogP) is -1.06. The third kappa shape index (κ3) is 7.98. The number of imidazole rings is 1. The summed E-state index contributed by atoms with van der Waals surface area (Å²) in [6.45, 7) is 3.00. The first-order valence-corrected chi connectivity index (χ1v) is 17.5. The van der Waals surface area contributed by atoms with Crippen LogP contribution in [0.15, 0.2) is 48.5 Å². The van der Waals surface area contributed by atoms with E-state index in [0.717, 1.165) is 54.0 Å². The summed E-state index contributed by atoms with van der Waals surface area (Å²) in [7, 11) is 0. The highest BCUT2D eigenvalue weighted by atomic mass is 16.7. The number of nitrogen functional groups attached to an aromatic ring is 1. The van der Waals surface area contributed by atoms with Crippen molar-refractivity contribution in [3.63, 3.8) is 0 Å². The number of carbonyl (C=O) groups excluding carboxylic acids is 2. The number of aliphatic hydroxyl groups is 6. The molecule has 4 heterocycles. The molecule has 10 N–H and O–H groups in total. The van der Waals surface area contributed by atoms with Gasteiger partial charge in [-0.1, -0.05) is 55.8 Å². The number of hydrogen-bond donors (Lipinski definition) is 9. The standard InChI is InChI=1S/C36H46N6O11/c1-3-4-12-23-41-24-26(20-10-5-6-11-21(20)40-33(24)37)42(23)15-19-9-7-8-18(13-19)14-38-34(49)32-29(47)28(46)30(48)36(53-32)52-31-25(39-17(2)44)35(50)51-22(16-43)27(31)45/h5-11,13,22,25,27-32,35-36,43,45-48,50H,3-4,12,14-16H2,1-2H3,(H2,37,40)(H,38,49)(H,39,44). The number of pyridine rings is 1. The van der Waals surface area contributed by atoms with E-state index >= 15 is 0 Å². The van der Waals surface area contributed by atoms with Crippen molar-refractivity contribution >= 4 is 39.6 Å². The number of ether oxygens (including phenoxy) is 3. The van der Waals surface area contributed by atoms with Crippen LogP contribution >= 0.6 is 0 Å². The van der Waals surface area contributed by atoms with Gasteiger partial charge in [0.2, 0.25) is 5.91 Å². The first kappa shape index (κ1) is 38.4. The molecule has 17 nitrogen and oxygen atoms in total. The largest absolute Gasteiger partial charge is 0.394 e. The molecule has 53 heavy (non-hydrogen) atoms. The van der Waals surface area contributed by atoms with Gasteiger partial charge in [0.1, 0.15) is 54.0 Å². The smallest absolute Gasteiger partial charge is 0.252 e. The van der Waals surface area contributed by atoms with E-state index in [1.807, 2.05) is 48.5 Å². The summed E-state index contributed by atoms with van der Waals surface area (Å²) in [4.78, 5) is 34.7. The number of carbonyl (C=O) groups is 2. The number of aryl methyl sites for hydroxylation is 1. The topological polar surface area (TPSA) is 264 Å². The number of aromatic nitrogens is 3. The van der Waals surface area contributed by atoms with E-state index in [0.29, 0.717) is 23.4 Å². The Morgan fingerprint density at radius 3 is 2.45 bits per heavy atom. The number of aliphatic hydroxyl groups excluding tert-OH is 6. The lowest BCUT2D eigenvalue weighted by molar-refractivity contribution is -0.335. The lowest BCUT2D eigenvalue weighted by atomic mass is 9.95. The van der Waals surface area contributed by atoms with Gasteiger partial charge in [-0.15, -0.1) is 0 Å². The fourth-order valence-corrected chi connectivity index (χ4v) is 6.88. The van der Waals surface area contributed by atoms with Crippen molar-refractivity contribution in [2.45, 2.75) is 108 Å². The third-order valence-corrected chi connectivity index (χ3v) is 9.60. The molecule has 0 spiro atoms. The normalized spacial score (nSPS) is 29.0. The van der Waals surface area contributed by atoms with Crippen LogP contribution in [0.4, 0.5) is 5.82 Å². The number of rotatable bonds is 12. The zero-order valence-electron chi connectivity index (χ0n) is 29.3. The minimum absolute atomic E-state index is 0.00422. The number of nitrogens with zero attached hydrogens (tertiary/aromatic N) is 3. The van der Waals surface area contributed by atoms with Crippen molar-refractivity contribution in [2.24, 2.45) is 0 Å². The van der Waals surface area contributed by atoms with Crippen molar-refractivity contribution in [3.8, 4) is 0 Å². The van der Waals surface area contributed by atoms with Crippen LogP contribution in [0, 0.1) is 0 Å². The molecular weight excluding hydrogens is 692 g/mol. The molecule has 10 atom stereocenters. The molecule has 2 amide bonds. The van der Waals surface area contributed by atoms with Gasteiger partial charge in [0, 0.05) is 31.8 Å². The maximum atomic E-state index is 13.4. The molecule has 2 aromatic carbocycles. The number of anilines is 1. The number of benzene rings is 2. The van der Waals surface area contributed by atoms with Crippen LogP contribution in [-0.2, 0) is 43.3 Å². The molecule has 286 valence electrons. The molecule has 0 radical (unpaired) electrons. The lowest BCUT2D eigenvalue weighted by Crippen LogP contribution is -2.68. The SMILES string of the molecule is CCCCc1nc2c(N)nc3ccccc3c2n1Cc1cccc(CNC(=O)C2OC(OC3C(O)C(CO)OC(O)C3NC(C)=O)C(O)C(O)C2O)c1. The van der Waals surface area contributed by atoms with Crippen LogP contribution in [0.25, 0.3) is 21.9 Å². The molecule has 2 aliphatic rings. The summed E-state index contributed by atoms with van der Waals surface area (Å²) in [5.41, 5.74) is 10.3. The minimum Gasteiger partial charge on any atom is -0.394 e. The van der Waals surface area contributed by atoms with Crippen LogP contribution in [-0.4, -0.2) is 125 Å². The first-order valence-electron chi connectivity index (χ1n) is 17.5. The Morgan fingerprint density at radius 1 is 0.962 bits per heavy atom. The Hall–Kier alpha value is -4.30. The summed E-state index contributed by atoms with van der Waals surface area (Å²) >= 11 is 0. The number of fused-ring (bicyclic) bond motifs is 3. The molecule has 4 aromatic rings. The van der Waals surface area contributed by atoms with Gasteiger partial charge in [-0.3, -0.25) is 9.59 Å². The van der Waals surface area contributed by atoms with Crippen molar-refractivity contribution < 1.29 is 54.4 Å². The fourth-order valence-electron chi connectivity index (χ4n) is 6.88. The van der Waals surface area contributed by atoms with E-state index in [1.165, 1.54) is 0 Å². The number of para-hydroxylation sites is 1. The highest BCUT2D eigenvalue weighted by molar-refractivity contribution is 6.06. The van der Waals surface area contributed by atoms with Crippen LogP contribution in [0.2, 0.25) is 0 Å². The fraction of sp³-hybridized carbons (Fsp3) is 0.500. The van der Waals surface area contributed by atoms with E-state index in [2.05, 4.69) is 27.1 Å². The second-order valence-electron chi connectivity index (χ2n) is 13.4. The molecule has 10 unspecified atom stereocenters. The molecule has 6 rings (SSSR count). The van der Waals surface area contributed by atoms with Crippen molar-refractivity contribution in [1.29, 1.82) is 0 Å². The number of unbranched alkanes of at least 4 members (excludes halogenated alkanes) is 1. The van der Waals surface area contributed by atoms with E-state index in [1.54, 1.807) is 0 Å². The molecule has 0 aliphatic carbocycles. The Morgan fingerprint density at radius 2 is 1.72 bits per heavy atom. The molecule has 2 aromatic heterocycles. The summed E-state index contributed by atoms with van der Waals surface area (Å²) in [5, 5.41) is 69.0. The van der Waals surface area contributed by atoms with E-state index in [-0.39, 0.29) is 6.54 Å². The molecule has 0 saturated carbocycles. The van der Waals surface area contributed by atoms with Gasteiger partial charge in [-0.2, -0.15) is 0 Å². The van der Waals surface area contributed by atoms with E-state index in [9.17, 15) is 40.2 Å². The summed E-state index contributed by atoms with van der Waals surface area (Å²) in [6, 6.07) is 13.9. The van der Waals surface area contributed by atoms with Gasteiger partial charge in [0.05, 0.1) is 17.6 Å². The van der Waals surface area contributed by atoms with Crippen molar-refractivity contribution in [2.75, 3.05) is 12.3 Å². The number of nitrogens with one attached hydrogen (secondary N) is 2. The van der Waals surface area contributed by atoms with Crippen LogP contribution < -0.4 is 16.4 Å². The maximum absolute atomic E-state index is 13.4. The summed E-state index contributed by atoms with van der Waals surface area (Å²) < 4.78 is 18.7. The second-order valence-corrected chi connectivity index (χ2v) is 13.4. The van der Waals surface area contributed by atoms with Gasteiger partial charge in [-0.05, 0) is 23.6 Å². The van der Waals surface area contributed by atoms with Gasteiger partial charge in [0.15, 0.2) is 24.5 Å². The Labute approximate surface area is 304 Å². The average molecular weight is 739 g/mol. The number of hydrogen-bond acceptors (Lipinski definition) is 14. The highest BCUT2D eigenvalue weighted by Crippen LogP contribution is 2.31. The van der Waals surface area contributed by atoms with E-state index < -0.39 is 79.8 Å². The molecule has 17 heteroatoms. The molecular formula is C36H46N6O11. The van der Waals surface area contributed by atoms with Gasteiger partial charge in [0.25, 0.3) is 5.91 Å². The first-order chi connectivity index (χ1) is 25.4. The Balaban J connectivity index is 1.18. The highest BCUT2D eigenvalue weighted by Gasteiger charge is 2.52. The molecule has 2 fully saturated rings. The predicted molar refractivity (Wildman–Crippen MR) is 189 cm³/mol. The number of nitrogens with two attached hydrogens (primary N) is 1. The summed E-state index contributed by atoms with van der Waals surface area (Å²) in [5.74, 6) is -0.218. The zero-order valence-corrected chi connectivity index (χ0v) is 29.3. The van der Waals surface area contributed by atoms with Gasteiger partial charge < -0.3 is 65.8 Å². The molecule has 2 saturated heterocycles. The van der Waals surface area contributed by atoms with Crippen molar-refractivity contribution in [1.82, 2.24) is 25.2 Å². The third-order valence-electron chi connectivity index (χ3n) is 9.60. The van der Waals surface area contributed by atoms with Crippen LogP contribution in [0.5, 0.6) is 0 Å². The maximum Gasteiger partial charge on any atom is 0.252 e. The Kier molecular flexibility index (Phi) is 11.9. The number of amides is 2. The quantitative estimate of drug-likeness (QED) is 0.0840. The van der Waals surface area contributed by atoms with Crippen LogP contribution in [0.3, 0.4) is 0 Å². The monoisotopic (exact) mass is 738 g/mol. The van der Waals surface area contributed by atoms with Crippen molar-refractivity contribution in [3.05, 3.63) is 65.5 Å². The zero-order chi connectivity index (χ0) is 38.0. The average Bonchev–Trinajstić information content (AvgIpc) is 3.50. The van der Waals surface area contributed by atoms with Gasteiger partial charge >= 0.3 is 0 Å². The van der Waals surface area contributed by atoms with E-state index in [4.69, 9.17) is 24.9 Å². The second kappa shape index (κ2) is 16.4. The minimum atomic E-state index is -1.92. The van der Waals surface area contributed by atoms with Gasteiger partial charge in [-0.25, -0.2) is 9.97 Å². The molecule has 2 aliphatic heterocycles. The van der Waals surface area contributed by atoms with Crippen LogP contribution in [0.1, 0.15) is 43.6 Å². The Bertz CT molecular complexity index is 1930.